The van der Waals surface area contributed by atoms with Crippen LogP contribution in [0.5, 0.6) is 0 Å². The number of nitrogens with one attached hydrogen (secondary N) is 1. The van der Waals surface area contributed by atoms with Crippen molar-refractivity contribution in [2.24, 2.45) is 0 Å². The number of pyridine rings is 1. The number of halogens is 2. The molecule has 2 aromatic rings. The molecule has 6 heteroatoms. The smallest absolute Gasteiger partial charge is 0.141 e. The second-order valence-electron chi connectivity index (χ2n) is 5.74. The molecule has 1 saturated heterocycles. The maximum absolute atomic E-state index is 12.8. The minimum atomic E-state index is -0.740. The molecule has 122 valence electrons. The number of aliphatic hydroxyl groups is 1. The summed E-state index contributed by atoms with van der Waals surface area (Å²) >= 11 is 6.03. The van der Waals surface area contributed by atoms with Gasteiger partial charge >= 0.3 is 0 Å². The Bertz CT molecular complexity index is 653. The zero-order chi connectivity index (χ0) is 16.2. The molecule has 1 aliphatic heterocycles. The lowest BCUT2D eigenvalue weighted by Crippen LogP contribution is -2.35. The van der Waals surface area contributed by atoms with Crippen molar-refractivity contribution >= 4 is 17.3 Å². The fourth-order valence-electron chi connectivity index (χ4n) is 2.80. The number of hydrogen-bond donors (Lipinski definition) is 2. The summed E-state index contributed by atoms with van der Waals surface area (Å²) in [5, 5.41) is 14.2. The van der Waals surface area contributed by atoms with Crippen molar-refractivity contribution in [1.82, 2.24) is 10.3 Å². The Morgan fingerprint density at radius 2 is 2.26 bits per heavy atom. The van der Waals surface area contributed by atoms with Gasteiger partial charge in [0.2, 0.25) is 0 Å². The van der Waals surface area contributed by atoms with Crippen molar-refractivity contribution in [3.8, 4) is 0 Å². The molecule has 1 aromatic carbocycles. The molecule has 0 amide bonds. The van der Waals surface area contributed by atoms with Crippen LogP contribution in [0.4, 0.5) is 10.1 Å². The Balaban J connectivity index is 1.51. The average Bonchev–Trinajstić information content (AvgIpc) is 3.02. The number of aromatic nitrogens is 1. The molecule has 2 N–H and O–H groups in total. The van der Waals surface area contributed by atoms with Crippen molar-refractivity contribution in [2.45, 2.75) is 18.6 Å². The summed E-state index contributed by atoms with van der Waals surface area (Å²) < 4.78 is 12.8. The van der Waals surface area contributed by atoms with Crippen LogP contribution in [0.2, 0.25) is 5.02 Å². The maximum atomic E-state index is 12.8. The normalized spacial score (nSPS) is 19.1. The fourth-order valence-corrected chi connectivity index (χ4v) is 2.99. The van der Waals surface area contributed by atoms with Crippen LogP contribution in [0, 0.1) is 5.82 Å². The first-order chi connectivity index (χ1) is 11.1. The van der Waals surface area contributed by atoms with Crippen LogP contribution in [0.25, 0.3) is 0 Å². The maximum Gasteiger partial charge on any atom is 0.141 e. The predicted molar refractivity (Wildman–Crippen MR) is 89.2 cm³/mol. The third kappa shape index (κ3) is 4.19. The topological polar surface area (TPSA) is 48.4 Å². The molecule has 0 radical (unpaired) electrons. The van der Waals surface area contributed by atoms with Gasteiger partial charge in [-0.1, -0.05) is 17.7 Å². The third-order valence-electron chi connectivity index (χ3n) is 4.05. The Morgan fingerprint density at radius 1 is 1.39 bits per heavy atom. The lowest BCUT2D eigenvalue weighted by atomic mass is 10.2. The molecule has 0 saturated carbocycles. The molecule has 3 rings (SSSR count). The summed E-state index contributed by atoms with van der Waals surface area (Å²) in [5.74, 6) is -0.401. The van der Waals surface area contributed by atoms with E-state index >= 15 is 0 Å². The molecule has 1 aromatic heterocycles. The van der Waals surface area contributed by atoms with Gasteiger partial charge < -0.3 is 15.3 Å². The first-order valence-corrected chi connectivity index (χ1v) is 8.03. The molecule has 2 atom stereocenters. The van der Waals surface area contributed by atoms with E-state index < -0.39 is 11.9 Å². The molecule has 0 aliphatic carbocycles. The van der Waals surface area contributed by atoms with Crippen LogP contribution in [0.15, 0.2) is 42.6 Å². The number of hydrogen-bond acceptors (Lipinski definition) is 4. The highest BCUT2D eigenvalue weighted by Crippen LogP contribution is 2.23. The first-order valence-electron chi connectivity index (χ1n) is 7.65. The summed E-state index contributed by atoms with van der Waals surface area (Å²) in [7, 11) is 0. The van der Waals surface area contributed by atoms with E-state index in [1.165, 1.54) is 12.1 Å². The van der Waals surface area contributed by atoms with Gasteiger partial charge in [0.1, 0.15) is 11.9 Å². The number of anilines is 1. The van der Waals surface area contributed by atoms with Gasteiger partial charge in [0, 0.05) is 36.4 Å². The third-order valence-corrected chi connectivity index (χ3v) is 4.29. The van der Waals surface area contributed by atoms with Crippen molar-refractivity contribution < 1.29 is 9.50 Å². The standard InChI is InChI=1S/C17H19ClFN3O/c18-12-2-1-3-15(8-12)22-7-6-14(11-22)20-10-17(23)16-5-4-13(19)9-21-16/h1-5,8-9,14,17,20,23H,6-7,10-11H2. The summed E-state index contributed by atoms with van der Waals surface area (Å²) in [6, 6.07) is 10.9. The summed E-state index contributed by atoms with van der Waals surface area (Å²) in [4.78, 5) is 6.18. The van der Waals surface area contributed by atoms with Crippen LogP contribution >= 0.6 is 11.6 Å². The van der Waals surface area contributed by atoms with Gasteiger partial charge in [0.15, 0.2) is 0 Å². The molecule has 0 bridgehead atoms. The number of nitrogens with zero attached hydrogens (tertiary/aromatic N) is 2. The van der Waals surface area contributed by atoms with Crippen LogP contribution in [-0.4, -0.2) is 35.8 Å². The number of aliphatic hydroxyl groups excluding tert-OH is 1. The van der Waals surface area contributed by atoms with Crippen LogP contribution in [-0.2, 0) is 0 Å². The van der Waals surface area contributed by atoms with E-state index in [9.17, 15) is 9.50 Å². The predicted octanol–water partition coefficient (Wildman–Crippen LogP) is 2.78. The SMILES string of the molecule is OC(CNC1CCN(c2cccc(Cl)c2)C1)c1ccc(F)cn1. The van der Waals surface area contributed by atoms with Crippen molar-refractivity contribution in [1.29, 1.82) is 0 Å². The summed E-state index contributed by atoms with van der Waals surface area (Å²) in [6.45, 7) is 2.21. The summed E-state index contributed by atoms with van der Waals surface area (Å²) in [6.07, 6.45) is 1.38. The molecule has 1 fully saturated rings. The average molecular weight is 336 g/mol. The van der Waals surface area contributed by atoms with E-state index in [2.05, 4.69) is 15.2 Å². The molecule has 23 heavy (non-hydrogen) atoms. The molecular weight excluding hydrogens is 317 g/mol. The van der Waals surface area contributed by atoms with Crippen molar-refractivity contribution in [2.75, 3.05) is 24.5 Å². The molecule has 2 unspecified atom stereocenters. The Hall–Kier alpha value is -1.69. The highest BCUT2D eigenvalue weighted by molar-refractivity contribution is 6.30. The van der Waals surface area contributed by atoms with Crippen molar-refractivity contribution in [3.05, 3.63) is 59.1 Å². The highest BCUT2D eigenvalue weighted by atomic mass is 35.5. The van der Waals surface area contributed by atoms with E-state index in [0.717, 1.165) is 36.4 Å². The van der Waals surface area contributed by atoms with Gasteiger partial charge in [0.05, 0.1) is 11.9 Å². The van der Waals surface area contributed by atoms with E-state index in [-0.39, 0.29) is 0 Å². The van der Waals surface area contributed by atoms with Gasteiger partial charge in [-0.15, -0.1) is 0 Å². The van der Waals surface area contributed by atoms with Gasteiger partial charge in [-0.2, -0.15) is 0 Å². The van der Waals surface area contributed by atoms with E-state index in [1.807, 2.05) is 24.3 Å². The van der Waals surface area contributed by atoms with Gasteiger partial charge in [-0.3, -0.25) is 4.98 Å². The van der Waals surface area contributed by atoms with Gasteiger partial charge in [0.25, 0.3) is 0 Å². The molecule has 1 aliphatic rings. The Labute approximate surface area is 139 Å². The van der Waals surface area contributed by atoms with Gasteiger partial charge in [-0.25, -0.2) is 4.39 Å². The van der Waals surface area contributed by atoms with E-state index in [4.69, 9.17) is 11.6 Å². The molecular formula is C17H19ClFN3O. The fraction of sp³-hybridized carbons (Fsp3) is 0.353. The second kappa shape index (κ2) is 7.25. The minimum absolute atomic E-state index is 0.295. The van der Waals surface area contributed by atoms with E-state index in [1.54, 1.807) is 0 Å². The minimum Gasteiger partial charge on any atom is -0.385 e. The Morgan fingerprint density at radius 3 is 3.00 bits per heavy atom. The Kier molecular flexibility index (Phi) is 5.10. The van der Waals surface area contributed by atoms with Gasteiger partial charge in [-0.05, 0) is 36.8 Å². The molecule has 0 spiro atoms. The number of rotatable bonds is 5. The van der Waals surface area contributed by atoms with Crippen LogP contribution in [0.3, 0.4) is 0 Å². The van der Waals surface area contributed by atoms with E-state index in [0.29, 0.717) is 18.3 Å². The van der Waals surface area contributed by atoms with Crippen LogP contribution < -0.4 is 10.2 Å². The zero-order valence-corrected chi connectivity index (χ0v) is 13.4. The lowest BCUT2D eigenvalue weighted by Gasteiger charge is -2.20. The lowest BCUT2D eigenvalue weighted by molar-refractivity contribution is 0.166. The monoisotopic (exact) mass is 335 g/mol. The highest BCUT2D eigenvalue weighted by Gasteiger charge is 2.23. The molecule has 4 nitrogen and oxygen atoms in total. The summed E-state index contributed by atoms with van der Waals surface area (Å²) in [5.41, 5.74) is 1.59. The number of benzene rings is 1. The van der Waals surface area contributed by atoms with Crippen LogP contribution in [0.1, 0.15) is 18.2 Å². The van der Waals surface area contributed by atoms with Crippen molar-refractivity contribution in [3.63, 3.8) is 0 Å². The largest absolute Gasteiger partial charge is 0.385 e. The quantitative estimate of drug-likeness (QED) is 0.882. The zero-order valence-electron chi connectivity index (χ0n) is 12.6. The second-order valence-corrected chi connectivity index (χ2v) is 6.17. The molecule has 2 heterocycles. The first kappa shape index (κ1) is 16.2.